The van der Waals surface area contributed by atoms with Gasteiger partial charge in [-0.15, -0.1) is 0 Å². The molecule has 0 aliphatic heterocycles. The van der Waals surface area contributed by atoms with E-state index in [2.05, 4.69) is 5.32 Å². The standard InChI is InChI=1S/C11H20N2O4/c1-7(8-3-4-8)13(2)11(17)12-6-5-9(14)10(15)16/h7-9,14H,3-6H2,1-2H3,(H,12,17)(H,15,16)/t7?,9-/m0/s1. The molecule has 0 heterocycles. The normalized spacial score (nSPS) is 18.3. The molecule has 2 atom stereocenters. The van der Waals surface area contributed by atoms with Crippen molar-refractivity contribution in [2.75, 3.05) is 13.6 Å². The van der Waals surface area contributed by atoms with Gasteiger partial charge in [-0.1, -0.05) is 0 Å². The monoisotopic (exact) mass is 244 g/mol. The zero-order valence-electron chi connectivity index (χ0n) is 10.2. The van der Waals surface area contributed by atoms with Crippen molar-refractivity contribution in [2.45, 2.75) is 38.3 Å². The minimum absolute atomic E-state index is 0.0206. The second-order valence-electron chi connectivity index (χ2n) is 4.56. The number of aliphatic hydroxyl groups excluding tert-OH is 1. The number of urea groups is 1. The summed E-state index contributed by atoms with van der Waals surface area (Å²) < 4.78 is 0. The van der Waals surface area contributed by atoms with Gasteiger partial charge in [-0.05, 0) is 25.7 Å². The van der Waals surface area contributed by atoms with Crippen molar-refractivity contribution in [3.8, 4) is 0 Å². The van der Waals surface area contributed by atoms with E-state index in [9.17, 15) is 9.59 Å². The molecule has 1 saturated carbocycles. The van der Waals surface area contributed by atoms with E-state index in [-0.39, 0.29) is 25.0 Å². The minimum atomic E-state index is -1.42. The Kier molecular flexibility index (Phi) is 4.74. The number of carbonyl (C=O) groups is 2. The highest BCUT2D eigenvalue weighted by Gasteiger charge is 2.32. The van der Waals surface area contributed by atoms with Crippen molar-refractivity contribution < 1.29 is 19.8 Å². The van der Waals surface area contributed by atoms with Crippen LogP contribution >= 0.6 is 0 Å². The first-order valence-corrected chi connectivity index (χ1v) is 5.85. The number of carboxylic acid groups (broad SMARTS) is 1. The molecule has 6 nitrogen and oxygen atoms in total. The largest absolute Gasteiger partial charge is 0.479 e. The highest BCUT2D eigenvalue weighted by molar-refractivity contribution is 5.74. The summed E-state index contributed by atoms with van der Waals surface area (Å²) in [5, 5.41) is 20.1. The maximum Gasteiger partial charge on any atom is 0.332 e. The predicted octanol–water partition coefficient (Wildman–Crippen LogP) is 0.262. The second kappa shape index (κ2) is 5.86. The van der Waals surface area contributed by atoms with Gasteiger partial charge in [0, 0.05) is 26.1 Å². The molecule has 1 aliphatic rings. The van der Waals surface area contributed by atoms with E-state index >= 15 is 0 Å². The summed E-state index contributed by atoms with van der Waals surface area (Å²) in [4.78, 5) is 23.6. The van der Waals surface area contributed by atoms with Gasteiger partial charge >= 0.3 is 12.0 Å². The van der Waals surface area contributed by atoms with E-state index in [0.717, 1.165) is 12.8 Å². The number of aliphatic carboxylic acids is 1. The fourth-order valence-electron chi connectivity index (χ4n) is 1.64. The average Bonchev–Trinajstić information content (AvgIpc) is 3.10. The average molecular weight is 244 g/mol. The summed E-state index contributed by atoms with van der Waals surface area (Å²) in [6.45, 7) is 2.16. The smallest absolute Gasteiger partial charge is 0.332 e. The van der Waals surface area contributed by atoms with Crippen LogP contribution in [0.4, 0.5) is 4.79 Å². The number of aliphatic hydroxyl groups is 1. The molecule has 2 amide bonds. The molecule has 98 valence electrons. The fraction of sp³-hybridized carbons (Fsp3) is 0.818. The van der Waals surface area contributed by atoms with Crippen LogP contribution in [0.25, 0.3) is 0 Å². The van der Waals surface area contributed by atoms with Gasteiger partial charge in [0.2, 0.25) is 0 Å². The highest BCUT2D eigenvalue weighted by Crippen LogP contribution is 2.34. The lowest BCUT2D eigenvalue weighted by molar-refractivity contribution is -0.146. The molecule has 0 aromatic rings. The summed E-state index contributed by atoms with van der Waals surface area (Å²) in [7, 11) is 1.73. The van der Waals surface area contributed by atoms with E-state index in [1.807, 2.05) is 6.92 Å². The molecule has 0 aromatic heterocycles. The van der Waals surface area contributed by atoms with Crippen molar-refractivity contribution in [3.05, 3.63) is 0 Å². The Balaban J connectivity index is 2.22. The molecule has 0 bridgehead atoms. The number of carbonyl (C=O) groups excluding carboxylic acids is 1. The third kappa shape index (κ3) is 4.22. The van der Waals surface area contributed by atoms with Crippen molar-refractivity contribution in [1.29, 1.82) is 0 Å². The summed E-state index contributed by atoms with van der Waals surface area (Å²) in [6, 6.07) is -0.0126. The van der Waals surface area contributed by atoms with Crippen molar-refractivity contribution in [1.82, 2.24) is 10.2 Å². The Labute approximate surface area is 101 Å². The molecule has 0 saturated heterocycles. The van der Waals surface area contributed by atoms with Crippen molar-refractivity contribution in [3.63, 3.8) is 0 Å². The number of rotatable bonds is 6. The topological polar surface area (TPSA) is 89.9 Å². The lowest BCUT2D eigenvalue weighted by atomic mass is 10.2. The van der Waals surface area contributed by atoms with E-state index in [0.29, 0.717) is 5.92 Å². The molecule has 1 unspecified atom stereocenters. The van der Waals surface area contributed by atoms with Gasteiger partial charge in [0.15, 0.2) is 6.10 Å². The van der Waals surface area contributed by atoms with Gasteiger partial charge in [-0.2, -0.15) is 0 Å². The molecule has 6 heteroatoms. The first kappa shape index (κ1) is 13.8. The van der Waals surface area contributed by atoms with Gasteiger partial charge in [-0.25, -0.2) is 9.59 Å². The fourth-order valence-corrected chi connectivity index (χ4v) is 1.64. The first-order valence-electron chi connectivity index (χ1n) is 5.85. The molecular formula is C11H20N2O4. The second-order valence-corrected chi connectivity index (χ2v) is 4.56. The Bertz CT molecular complexity index is 291. The number of nitrogens with zero attached hydrogens (tertiary/aromatic N) is 1. The molecule has 0 spiro atoms. The van der Waals surface area contributed by atoms with Crippen LogP contribution in [0, 0.1) is 5.92 Å². The Morgan fingerprint density at radius 1 is 1.47 bits per heavy atom. The lowest BCUT2D eigenvalue weighted by Crippen LogP contribution is -2.44. The summed E-state index contributed by atoms with van der Waals surface area (Å²) in [6.07, 6.45) is 0.932. The van der Waals surface area contributed by atoms with Gasteiger partial charge in [-0.3, -0.25) is 0 Å². The maximum atomic E-state index is 11.7. The van der Waals surface area contributed by atoms with Crippen LogP contribution in [0.15, 0.2) is 0 Å². The van der Waals surface area contributed by atoms with Gasteiger partial charge < -0.3 is 20.4 Å². The molecule has 3 N–H and O–H groups in total. The van der Waals surface area contributed by atoms with Crippen LogP contribution in [0.2, 0.25) is 0 Å². The number of nitrogens with one attached hydrogen (secondary N) is 1. The molecule has 17 heavy (non-hydrogen) atoms. The van der Waals surface area contributed by atoms with E-state index in [1.54, 1.807) is 11.9 Å². The Hall–Kier alpha value is -1.30. The molecule has 1 fully saturated rings. The lowest BCUT2D eigenvalue weighted by Gasteiger charge is -2.25. The van der Waals surface area contributed by atoms with Crippen LogP contribution in [0.5, 0.6) is 0 Å². The third-order valence-electron chi connectivity index (χ3n) is 3.21. The van der Waals surface area contributed by atoms with E-state index in [4.69, 9.17) is 10.2 Å². The molecule has 0 radical (unpaired) electrons. The quantitative estimate of drug-likeness (QED) is 0.625. The Morgan fingerprint density at radius 3 is 2.53 bits per heavy atom. The van der Waals surface area contributed by atoms with Crippen LogP contribution in [-0.2, 0) is 4.79 Å². The third-order valence-corrected chi connectivity index (χ3v) is 3.21. The van der Waals surface area contributed by atoms with Gasteiger partial charge in [0.1, 0.15) is 0 Å². The van der Waals surface area contributed by atoms with E-state index < -0.39 is 12.1 Å². The van der Waals surface area contributed by atoms with Gasteiger partial charge in [0.25, 0.3) is 0 Å². The predicted molar refractivity (Wildman–Crippen MR) is 61.6 cm³/mol. The molecular weight excluding hydrogens is 224 g/mol. The van der Waals surface area contributed by atoms with E-state index in [1.165, 1.54) is 0 Å². The Morgan fingerprint density at radius 2 is 2.06 bits per heavy atom. The molecule has 0 aromatic carbocycles. The van der Waals surface area contributed by atoms with Crippen molar-refractivity contribution >= 4 is 12.0 Å². The zero-order chi connectivity index (χ0) is 13.0. The minimum Gasteiger partial charge on any atom is -0.479 e. The number of amides is 2. The van der Waals surface area contributed by atoms with Gasteiger partial charge in [0.05, 0.1) is 0 Å². The maximum absolute atomic E-state index is 11.7. The number of carboxylic acids is 1. The van der Waals surface area contributed by atoms with Crippen LogP contribution in [-0.4, -0.2) is 52.9 Å². The van der Waals surface area contributed by atoms with Crippen molar-refractivity contribution in [2.24, 2.45) is 5.92 Å². The zero-order valence-corrected chi connectivity index (χ0v) is 10.2. The summed E-state index contributed by atoms with van der Waals surface area (Å²) in [5.41, 5.74) is 0. The van der Waals surface area contributed by atoms with Crippen LogP contribution in [0.1, 0.15) is 26.2 Å². The van der Waals surface area contributed by atoms with Crippen LogP contribution < -0.4 is 5.32 Å². The number of hydrogen-bond donors (Lipinski definition) is 3. The highest BCUT2D eigenvalue weighted by atomic mass is 16.4. The SMILES string of the molecule is CC(C1CC1)N(C)C(=O)NCC[C@H](O)C(=O)O. The molecule has 1 rings (SSSR count). The first-order chi connectivity index (χ1) is 7.93. The number of hydrogen-bond acceptors (Lipinski definition) is 3. The summed E-state index contributed by atoms with van der Waals surface area (Å²) >= 11 is 0. The molecule has 1 aliphatic carbocycles. The van der Waals surface area contributed by atoms with Crippen LogP contribution in [0.3, 0.4) is 0 Å². The summed E-state index contributed by atoms with van der Waals surface area (Å²) in [5.74, 6) is -0.672.